The predicted molar refractivity (Wildman–Crippen MR) is 280 cm³/mol. The number of hydrogen-bond acceptors (Lipinski definition) is 4. The molecular weight excluding hydrogens is 1220 g/mol. The number of carbonyl (C=O) groups excluding carboxylic acids is 1. The Bertz CT molecular complexity index is 895. The monoisotopic (exact) mass is 1320 g/mol. The van der Waals surface area contributed by atoms with Crippen molar-refractivity contribution in [1.29, 1.82) is 15.8 Å². The fraction of sp³-hybridized carbons (Fsp3) is 0.926. The summed E-state index contributed by atoms with van der Waals surface area (Å²) in [7, 11) is -0.384. The van der Waals surface area contributed by atoms with E-state index in [4.69, 9.17) is 40.3 Å². The van der Waals surface area contributed by atoms with Crippen LogP contribution in [0.25, 0.3) is 0 Å². The zero-order valence-corrected chi connectivity index (χ0v) is 49.5. The van der Waals surface area contributed by atoms with E-state index in [1.54, 1.807) is 257 Å². The molecule has 8 fully saturated rings. The van der Waals surface area contributed by atoms with E-state index in [0.717, 1.165) is 0 Å². The summed E-state index contributed by atoms with van der Waals surface area (Å²) in [5.41, 5.74) is 9.88. The van der Waals surface area contributed by atoms with Gasteiger partial charge in [0.1, 0.15) is 0 Å². The largest absolute Gasteiger partial charge is 0.545 e. The fourth-order valence-electron chi connectivity index (χ4n) is 14.7. The summed E-state index contributed by atoms with van der Waals surface area (Å²) in [4.78, 5) is 7.75. The van der Waals surface area contributed by atoms with Crippen LogP contribution in [0.15, 0.2) is 0 Å². The van der Waals surface area contributed by atoms with Crippen molar-refractivity contribution in [3.05, 3.63) is 19.7 Å². The second kappa shape index (κ2) is 40.9. The zero-order chi connectivity index (χ0) is 44.6. The minimum Gasteiger partial charge on any atom is -0.545 e. The number of hydrogen-bond donors (Lipinski definition) is 0. The van der Waals surface area contributed by atoms with E-state index in [2.05, 4.69) is 6.79 Å². The molecule has 4 nitrogen and oxygen atoms in total. The molecule has 0 N–H and O–H groups in total. The molecule has 0 amide bonds. The van der Waals surface area contributed by atoms with Gasteiger partial charge < -0.3 is 40.3 Å². The van der Waals surface area contributed by atoms with Crippen LogP contribution in [-0.4, -0.2) is 63.9 Å². The Balaban J connectivity index is 0.000000540. The summed E-state index contributed by atoms with van der Waals surface area (Å²) in [5, 5.41) is 18.8. The second-order valence-corrected chi connectivity index (χ2v) is 35.3. The summed E-state index contributed by atoms with van der Waals surface area (Å²) >= 11 is 0. The molecule has 1 radical (unpaired) electrons. The van der Waals surface area contributed by atoms with Crippen LogP contribution >= 0.6 is 31.7 Å². The molecule has 373 valence electrons. The Kier molecular flexibility index (Phi) is 40.4. The molecule has 0 bridgehead atoms. The van der Waals surface area contributed by atoms with Gasteiger partial charge in [-0.1, -0.05) is 51.4 Å². The first kappa shape index (κ1) is 63.2. The number of nitrogens with zero attached hydrogens (tertiary/aromatic N) is 3. The fourth-order valence-corrected chi connectivity index (χ4v) is 39.6. The first-order chi connectivity index (χ1) is 30.8. The summed E-state index contributed by atoms with van der Waals surface area (Å²) in [6.45, 7) is 17.5. The molecule has 10 heteroatoms. The second-order valence-electron chi connectivity index (χ2n) is 21.3. The molecule has 0 spiro atoms. The predicted octanol–water partition coefficient (Wildman–Crippen LogP) is 17.4. The van der Waals surface area contributed by atoms with Crippen LogP contribution in [0.4, 0.5) is 0 Å². The van der Waals surface area contributed by atoms with Crippen LogP contribution in [0, 0.1) is 35.5 Å². The normalized spacial score (nSPS) is 24.0. The summed E-state index contributed by atoms with van der Waals surface area (Å²) < 4.78 is 0. The Hall–Kier alpha value is 1.20. The van der Waals surface area contributed by atoms with E-state index in [1.807, 2.05) is 11.8 Å². The smallest absolute Gasteiger partial charge is 0.156 e. The third-order valence-electron chi connectivity index (χ3n) is 17.9. The Morgan fingerprint density at radius 1 is 0.266 bits per heavy atom. The zero-order valence-electron chi connectivity index (χ0n) is 40.8. The molecular formula is C54H97IrN3OP4Pt. The molecule has 8 saturated carbocycles. The van der Waals surface area contributed by atoms with Gasteiger partial charge in [0, 0.05) is 72.9 Å². The van der Waals surface area contributed by atoms with E-state index in [9.17, 15) is 0 Å². The van der Waals surface area contributed by atoms with Crippen molar-refractivity contribution < 1.29 is 46.0 Å². The molecule has 0 saturated heterocycles. The van der Waals surface area contributed by atoms with E-state index < -0.39 is 0 Å². The van der Waals surface area contributed by atoms with E-state index in [-0.39, 0.29) is 72.9 Å². The molecule has 8 rings (SSSR count). The topological polar surface area (TPSA) is 88.4 Å². The average Bonchev–Trinajstić information content (AvgIpc) is 3.39. The summed E-state index contributed by atoms with van der Waals surface area (Å²) in [5.74, 6) is 3.72. The van der Waals surface area contributed by atoms with E-state index in [0.29, 0.717) is 0 Å². The number of rotatable bonds is 12. The minimum atomic E-state index is -0.0959. The van der Waals surface area contributed by atoms with Crippen molar-refractivity contribution in [3.8, 4) is 0 Å². The first-order valence-electron chi connectivity index (χ1n) is 27.2. The van der Waals surface area contributed by atoms with Gasteiger partial charge in [-0.3, -0.25) is 6.79 Å². The first-order valence-corrected chi connectivity index (χ1v) is 34.6. The summed E-state index contributed by atoms with van der Waals surface area (Å²) in [6.07, 6.45) is 64.1. The van der Waals surface area contributed by atoms with Crippen molar-refractivity contribution in [2.75, 3.05) is 11.8 Å². The molecule has 64 heavy (non-hydrogen) atoms. The minimum absolute atomic E-state index is 0. The van der Waals surface area contributed by atoms with Crippen LogP contribution in [0.5, 0.6) is 0 Å². The Labute approximate surface area is 430 Å². The van der Waals surface area contributed by atoms with Crippen LogP contribution in [-0.2, 0) is 46.0 Å². The Morgan fingerprint density at radius 3 is 0.453 bits per heavy atom. The van der Waals surface area contributed by atoms with Gasteiger partial charge in [-0.2, -0.15) is 0 Å². The van der Waals surface area contributed by atoms with Gasteiger partial charge in [-0.05, 0) is 205 Å². The quantitative estimate of drug-likeness (QED) is 0.111. The average molecular weight is 1320 g/mol. The van der Waals surface area contributed by atoms with Crippen LogP contribution in [0.3, 0.4) is 0 Å². The van der Waals surface area contributed by atoms with Gasteiger partial charge in [0.2, 0.25) is 0 Å². The molecule has 0 aromatic rings. The molecule has 8 aliphatic rings. The SMILES string of the molecule is C1CCC([PH+](C[PH+](C2CCCCC2)C2CCCCC2)C2CCCCC2)CC1.C1CCC([PH+](C[PH+](C2CCCCC2)C2CCCCC2)C2CCCCC2)CC1.[C-]#N.[C-]#N.[C-]#N.[CH-]=O.[Ir].[Pt]. The van der Waals surface area contributed by atoms with Crippen molar-refractivity contribution >= 4 is 38.5 Å². The summed E-state index contributed by atoms with van der Waals surface area (Å²) in [6, 6.07) is 0. The maximum absolute atomic E-state index is 7.75. The maximum atomic E-state index is 7.75. The van der Waals surface area contributed by atoms with Gasteiger partial charge in [0.25, 0.3) is 0 Å². The van der Waals surface area contributed by atoms with Gasteiger partial charge in [0.05, 0.1) is 45.3 Å². The van der Waals surface area contributed by atoms with Crippen LogP contribution < -0.4 is 0 Å². The van der Waals surface area contributed by atoms with Crippen molar-refractivity contribution in [3.63, 3.8) is 0 Å². The molecule has 0 aliphatic heterocycles. The van der Waals surface area contributed by atoms with Gasteiger partial charge in [0.15, 0.2) is 11.8 Å². The van der Waals surface area contributed by atoms with E-state index in [1.165, 1.54) is 45.3 Å². The van der Waals surface area contributed by atoms with Gasteiger partial charge >= 0.3 is 0 Å². The van der Waals surface area contributed by atoms with Gasteiger partial charge in [-0.15, -0.1) is 0 Å². The van der Waals surface area contributed by atoms with Gasteiger partial charge in [-0.25, -0.2) is 0 Å². The van der Waals surface area contributed by atoms with Crippen LogP contribution in [0.1, 0.15) is 257 Å². The molecule has 0 atom stereocenters. The van der Waals surface area contributed by atoms with E-state index >= 15 is 0 Å². The van der Waals surface area contributed by atoms with Crippen molar-refractivity contribution in [2.24, 2.45) is 0 Å². The standard InChI is InChI=1S/2C25H46P2.3CN.CHO.Ir.Pt/c2*1-5-13-22(14-6-1)26(23-15-7-2-8-16-23)21-27(24-17-9-3-10-18-24)25-19-11-4-12-20-25;4*1-2;;/h2*22-25H,1-21H2;;;;1H;;/q;;4*-1;;/p+4. The Morgan fingerprint density at radius 2 is 0.359 bits per heavy atom. The third kappa shape index (κ3) is 22.1. The molecule has 0 heterocycles. The van der Waals surface area contributed by atoms with Crippen LogP contribution in [0.2, 0.25) is 0 Å². The maximum Gasteiger partial charge on any atom is 0.156 e. The van der Waals surface area contributed by atoms with Crippen molar-refractivity contribution in [1.82, 2.24) is 0 Å². The molecule has 8 aliphatic carbocycles. The van der Waals surface area contributed by atoms with Crippen molar-refractivity contribution in [2.45, 2.75) is 302 Å². The third-order valence-corrected chi connectivity index (χ3v) is 37.4. The molecule has 0 unspecified atom stereocenters. The molecule has 0 aromatic heterocycles. The molecule has 0 aromatic carbocycles.